The largest absolute Gasteiger partial charge is 0.381 e. The molecule has 2 atom stereocenters. The van der Waals surface area contributed by atoms with Crippen LogP contribution in [0, 0.1) is 0 Å². The van der Waals surface area contributed by atoms with Crippen LogP contribution in [0.3, 0.4) is 0 Å². The van der Waals surface area contributed by atoms with E-state index < -0.39 is 0 Å². The van der Waals surface area contributed by atoms with Crippen molar-refractivity contribution in [3.05, 3.63) is 24.3 Å². The summed E-state index contributed by atoms with van der Waals surface area (Å²) in [6.45, 7) is 3.76. The number of rotatable bonds is 3. The lowest BCUT2D eigenvalue weighted by Crippen LogP contribution is -2.27. The van der Waals surface area contributed by atoms with Gasteiger partial charge in [-0.2, -0.15) is 11.8 Å². The Balaban J connectivity index is 1.64. The van der Waals surface area contributed by atoms with Crippen LogP contribution < -0.4 is 15.5 Å². The highest BCUT2D eigenvalue weighted by Gasteiger charge is 2.22. The summed E-state index contributed by atoms with van der Waals surface area (Å²) in [5.41, 5.74) is 2.11. The van der Waals surface area contributed by atoms with Crippen molar-refractivity contribution in [1.82, 2.24) is 5.32 Å². The third-order valence-corrected chi connectivity index (χ3v) is 4.96. The molecule has 2 unspecified atom stereocenters. The molecule has 2 amide bonds. The van der Waals surface area contributed by atoms with Gasteiger partial charge in [-0.05, 0) is 30.7 Å². The zero-order chi connectivity index (χ0) is 13.2. The molecule has 102 valence electrons. The van der Waals surface area contributed by atoms with Crippen LogP contribution >= 0.6 is 11.8 Å². The lowest BCUT2D eigenvalue weighted by atomic mass is 10.2. The minimum absolute atomic E-state index is 0.00160. The van der Waals surface area contributed by atoms with E-state index in [2.05, 4.69) is 29.7 Å². The van der Waals surface area contributed by atoms with E-state index in [9.17, 15) is 4.79 Å². The minimum Gasteiger partial charge on any atom is -0.381 e. The van der Waals surface area contributed by atoms with E-state index in [1.807, 2.05) is 23.9 Å². The zero-order valence-corrected chi connectivity index (χ0v) is 11.9. The number of carbonyl (C=O) groups is 1. The third-order valence-electron chi connectivity index (χ3n) is 3.60. The average Bonchev–Trinajstić information content (AvgIpc) is 3.00. The molecule has 3 rings (SSSR count). The predicted octanol–water partition coefficient (Wildman–Crippen LogP) is 2.52. The number of urea groups is 1. The van der Waals surface area contributed by atoms with E-state index in [0.29, 0.717) is 6.04 Å². The lowest BCUT2D eigenvalue weighted by Gasteiger charge is -2.17. The van der Waals surface area contributed by atoms with Crippen LogP contribution in [0.15, 0.2) is 24.3 Å². The van der Waals surface area contributed by atoms with Crippen LogP contribution in [-0.2, 0) is 0 Å². The molecular formula is C14H19N3OS. The van der Waals surface area contributed by atoms with Crippen LogP contribution in [0.4, 0.5) is 16.2 Å². The number of anilines is 2. The molecule has 1 aromatic carbocycles. The van der Waals surface area contributed by atoms with Gasteiger partial charge in [0.1, 0.15) is 0 Å². The molecule has 2 heterocycles. The number of hydrogen-bond donors (Lipinski definition) is 2. The number of benzene rings is 1. The van der Waals surface area contributed by atoms with Crippen molar-refractivity contribution in [2.75, 3.05) is 29.1 Å². The van der Waals surface area contributed by atoms with E-state index in [0.717, 1.165) is 29.7 Å². The SMILES string of the molecule is CC1CC(Nc2ccc(N3CCNC3=O)cc2)CS1. The number of amides is 2. The molecule has 2 saturated heterocycles. The molecule has 0 radical (unpaired) electrons. The Morgan fingerprint density at radius 1 is 1.37 bits per heavy atom. The summed E-state index contributed by atoms with van der Waals surface area (Å²) >= 11 is 2.02. The molecule has 0 aromatic heterocycles. The maximum atomic E-state index is 11.6. The fourth-order valence-electron chi connectivity index (χ4n) is 2.61. The van der Waals surface area contributed by atoms with Gasteiger partial charge >= 0.3 is 6.03 Å². The van der Waals surface area contributed by atoms with Gasteiger partial charge in [-0.25, -0.2) is 4.79 Å². The van der Waals surface area contributed by atoms with E-state index in [1.54, 1.807) is 4.90 Å². The van der Waals surface area contributed by atoms with Crippen LogP contribution in [0.1, 0.15) is 13.3 Å². The molecule has 1 aromatic rings. The summed E-state index contributed by atoms with van der Waals surface area (Å²) in [7, 11) is 0. The standard InChI is InChI=1S/C14H19N3OS/c1-10-8-12(9-19-10)16-11-2-4-13(5-3-11)17-7-6-15-14(17)18/h2-5,10,12,16H,6-9H2,1H3,(H,15,18). The van der Waals surface area contributed by atoms with E-state index in [4.69, 9.17) is 0 Å². The van der Waals surface area contributed by atoms with E-state index >= 15 is 0 Å². The molecular weight excluding hydrogens is 258 g/mol. The van der Waals surface area contributed by atoms with Gasteiger partial charge in [-0.15, -0.1) is 0 Å². The summed E-state index contributed by atoms with van der Waals surface area (Å²) in [5, 5.41) is 7.13. The Hall–Kier alpha value is -1.36. The van der Waals surface area contributed by atoms with Gasteiger partial charge in [0.05, 0.1) is 0 Å². The van der Waals surface area contributed by atoms with Gasteiger partial charge in [0.25, 0.3) is 0 Å². The topological polar surface area (TPSA) is 44.4 Å². The fraction of sp³-hybridized carbons (Fsp3) is 0.500. The van der Waals surface area contributed by atoms with Crippen LogP contribution in [0.2, 0.25) is 0 Å². The molecule has 2 fully saturated rings. The molecule has 4 nitrogen and oxygen atoms in total. The quantitative estimate of drug-likeness (QED) is 0.892. The first-order chi connectivity index (χ1) is 9.22. The summed E-state index contributed by atoms with van der Waals surface area (Å²) < 4.78 is 0. The van der Waals surface area contributed by atoms with E-state index in [-0.39, 0.29) is 6.03 Å². The highest BCUT2D eigenvalue weighted by molar-refractivity contribution is 8.00. The molecule has 0 spiro atoms. The second-order valence-corrected chi connectivity index (χ2v) is 6.62. The van der Waals surface area contributed by atoms with E-state index in [1.165, 1.54) is 12.2 Å². The maximum Gasteiger partial charge on any atom is 0.321 e. The molecule has 0 bridgehead atoms. The van der Waals surface area contributed by atoms with Crippen molar-refractivity contribution in [3.8, 4) is 0 Å². The molecule has 2 N–H and O–H groups in total. The van der Waals surface area contributed by atoms with Gasteiger partial charge in [-0.1, -0.05) is 6.92 Å². The normalized spacial score (nSPS) is 26.6. The summed E-state index contributed by atoms with van der Waals surface area (Å²) in [6, 6.07) is 8.73. The molecule has 2 aliphatic heterocycles. The van der Waals surface area contributed by atoms with Crippen molar-refractivity contribution in [2.24, 2.45) is 0 Å². The second-order valence-electron chi connectivity index (χ2n) is 5.15. The number of nitrogens with zero attached hydrogens (tertiary/aromatic N) is 1. The molecule has 0 saturated carbocycles. The summed E-state index contributed by atoms with van der Waals surface area (Å²) in [5.74, 6) is 1.18. The Morgan fingerprint density at radius 2 is 2.16 bits per heavy atom. The van der Waals surface area contributed by atoms with Crippen molar-refractivity contribution in [1.29, 1.82) is 0 Å². The number of carbonyl (C=O) groups excluding carboxylic acids is 1. The summed E-state index contributed by atoms with van der Waals surface area (Å²) in [4.78, 5) is 13.3. The minimum atomic E-state index is 0.00160. The average molecular weight is 277 g/mol. The van der Waals surface area contributed by atoms with Gasteiger partial charge in [0.15, 0.2) is 0 Å². The summed E-state index contributed by atoms with van der Waals surface area (Å²) in [6.07, 6.45) is 1.22. The second kappa shape index (κ2) is 5.33. The first kappa shape index (κ1) is 12.7. The maximum absolute atomic E-state index is 11.6. The van der Waals surface area contributed by atoms with Crippen LogP contribution in [0.25, 0.3) is 0 Å². The van der Waals surface area contributed by atoms with Crippen molar-refractivity contribution < 1.29 is 4.79 Å². The van der Waals surface area contributed by atoms with Crippen molar-refractivity contribution in [3.63, 3.8) is 0 Å². The fourth-order valence-corrected chi connectivity index (χ4v) is 3.76. The molecule has 19 heavy (non-hydrogen) atoms. The first-order valence-corrected chi connectivity index (χ1v) is 7.81. The Morgan fingerprint density at radius 3 is 2.74 bits per heavy atom. The van der Waals surface area contributed by atoms with Crippen molar-refractivity contribution in [2.45, 2.75) is 24.6 Å². The lowest BCUT2D eigenvalue weighted by molar-refractivity contribution is 0.252. The van der Waals surface area contributed by atoms with Gasteiger partial charge in [-0.3, -0.25) is 4.90 Å². The van der Waals surface area contributed by atoms with Crippen molar-refractivity contribution >= 4 is 29.2 Å². The number of nitrogens with one attached hydrogen (secondary N) is 2. The number of thioether (sulfide) groups is 1. The highest BCUT2D eigenvalue weighted by atomic mass is 32.2. The molecule has 2 aliphatic rings. The van der Waals surface area contributed by atoms with Gasteiger partial charge < -0.3 is 10.6 Å². The Kier molecular flexibility index (Phi) is 3.55. The zero-order valence-electron chi connectivity index (χ0n) is 11.1. The monoisotopic (exact) mass is 277 g/mol. The Bertz CT molecular complexity index is 462. The molecule has 5 heteroatoms. The highest BCUT2D eigenvalue weighted by Crippen LogP contribution is 2.29. The van der Waals surface area contributed by atoms with Crippen LogP contribution in [-0.4, -0.2) is 36.2 Å². The predicted molar refractivity (Wildman–Crippen MR) is 81.1 cm³/mol. The first-order valence-electron chi connectivity index (χ1n) is 6.76. The van der Waals surface area contributed by atoms with Crippen LogP contribution in [0.5, 0.6) is 0 Å². The van der Waals surface area contributed by atoms with Gasteiger partial charge in [0, 0.05) is 41.5 Å². The molecule has 0 aliphatic carbocycles. The number of hydrogen-bond acceptors (Lipinski definition) is 3. The van der Waals surface area contributed by atoms with Gasteiger partial charge in [0.2, 0.25) is 0 Å². The smallest absolute Gasteiger partial charge is 0.321 e. The third kappa shape index (κ3) is 2.81. The Labute approximate surface area is 117 Å².